The molecule has 0 aromatic heterocycles. The topological polar surface area (TPSA) is 49.4 Å². The summed E-state index contributed by atoms with van der Waals surface area (Å²) in [6.45, 7) is 13.1. The normalized spacial score (nSPS) is 13.7. The van der Waals surface area contributed by atoms with E-state index in [1.54, 1.807) is 24.3 Å². The number of rotatable bonds is 3. The molecule has 1 N–H and O–H groups in total. The molecule has 4 nitrogen and oxygen atoms in total. The highest BCUT2D eigenvalue weighted by Crippen LogP contribution is 2.15. The largest absolute Gasteiger partial charge is 0.339 e. The molecule has 140 valence electrons. The third kappa shape index (κ3) is 8.52. The molecule has 1 aromatic rings. The molecule has 1 heterocycles. The lowest BCUT2D eigenvalue weighted by molar-refractivity contribution is -0.111. The molecule has 1 fully saturated rings. The quantitative estimate of drug-likeness (QED) is 0.758. The van der Waals surface area contributed by atoms with Gasteiger partial charge in [-0.05, 0) is 43.2 Å². The van der Waals surface area contributed by atoms with Crippen molar-refractivity contribution < 1.29 is 9.59 Å². The van der Waals surface area contributed by atoms with Gasteiger partial charge in [0.2, 0.25) is 5.91 Å². The SMILES string of the molecule is C=CC(=O)Nc1ccc(C(=O)N2CCCCCCC2)cc1.CC.CC. The van der Waals surface area contributed by atoms with Gasteiger partial charge in [0.1, 0.15) is 0 Å². The second-order valence-electron chi connectivity index (χ2n) is 5.33. The zero-order valence-electron chi connectivity index (χ0n) is 16.3. The number of amides is 2. The van der Waals surface area contributed by atoms with E-state index in [2.05, 4.69) is 11.9 Å². The number of carbonyl (C=O) groups is 2. The van der Waals surface area contributed by atoms with E-state index in [0.717, 1.165) is 25.9 Å². The highest BCUT2D eigenvalue weighted by molar-refractivity contribution is 5.99. The Morgan fingerprint density at radius 1 is 0.920 bits per heavy atom. The monoisotopic (exact) mass is 346 g/mol. The molecule has 1 saturated heterocycles. The van der Waals surface area contributed by atoms with Gasteiger partial charge in [0.25, 0.3) is 5.91 Å². The van der Waals surface area contributed by atoms with Crippen LogP contribution in [0.15, 0.2) is 36.9 Å². The van der Waals surface area contributed by atoms with Crippen LogP contribution in [0.5, 0.6) is 0 Å². The zero-order valence-corrected chi connectivity index (χ0v) is 16.3. The molecule has 0 spiro atoms. The second-order valence-corrected chi connectivity index (χ2v) is 5.33. The lowest BCUT2D eigenvalue weighted by atomic mass is 10.1. The number of anilines is 1. The van der Waals surface area contributed by atoms with Crippen molar-refractivity contribution in [3.05, 3.63) is 42.5 Å². The summed E-state index contributed by atoms with van der Waals surface area (Å²) >= 11 is 0. The van der Waals surface area contributed by atoms with E-state index in [4.69, 9.17) is 0 Å². The van der Waals surface area contributed by atoms with Crippen molar-refractivity contribution in [1.29, 1.82) is 0 Å². The fourth-order valence-corrected chi connectivity index (χ4v) is 2.52. The van der Waals surface area contributed by atoms with Gasteiger partial charge >= 0.3 is 0 Å². The Bertz CT molecular complexity index is 501. The lowest BCUT2D eigenvalue weighted by Crippen LogP contribution is -2.33. The molecule has 0 unspecified atom stereocenters. The molecule has 25 heavy (non-hydrogen) atoms. The highest BCUT2D eigenvalue weighted by atomic mass is 16.2. The average molecular weight is 347 g/mol. The Kier molecular flexibility index (Phi) is 13.1. The summed E-state index contributed by atoms with van der Waals surface area (Å²) in [5.74, 6) is -0.170. The summed E-state index contributed by atoms with van der Waals surface area (Å²) in [4.78, 5) is 25.6. The minimum absolute atomic E-state index is 0.0819. The van der Waals surface area contributed by atoms with Gasteiger partial charge in [-0.1, -0.05) is 53.5 Å². The molecule has 0 aliphatic carbocycles. The molecule has 0 bridgehead atoms. The van der Waals surface area contributed by atoms with Crippen molar-refractivity contribution in [3.8, 4) is 0 Å². The summed E-state index contributed by atoms with van der Waals surface area (Å²) in [6, 6.07) is 7.02. The van der Waals surface area contributed by atoms with E-state index in [1.165, 1.54) is 25.3 Å². The maximum atomic E-state index is 12.5. The number of hydrogen-bond acceptors (Lipinski definition) is 2. The van der Waals surface area contributed by atoms with Gasteiger partial charge < -0.3 is 10.2 Å². The van der Waals surface area contributed by atoms with E-state index in [1.807, 2.05) is 32.6 Å². The number of nitrogens with one attached hydrogen (secondary N) is 1. The smallest absolute Gasteiger partial charge is 0.253 e. The van der Waals surface area contributed by atoms with Crippen LogP contribution in [0, 0.1) is 0 Å². The molecule has 2 rings (SSSR count). The van der Waals surface area contributed by atoms with Gasteiger partial charge in [-0.15, -0.1) is 0 Å². The number of nitrogens with zero attached hydrogens (tertiary/aromatic N) is 1. The van der Waals surface area contributed by atoms with Crippen LogP contribution in [-0.2, 0) is 4.79 Å². The van der Waals surface area contributed by atoms with Crippen molar-refractivity contribution in [2.45, 2.75) is 59.8 Å². The summed E-state index contributed by atoms with van der Waals surface area (Å²) in [5.41, 5.74) is 1.34. The number of carbonyl (C=O) groups excluding carboxylic acids is 2. The molecule has 0 saturated carbocycles. The zero-order chi connectivity index (χ0) is 19.1. The highest BCUT2D eigenvalue weighted by Gasteiger charge is 2.16. The predicted molar refractivity (Wildman–Crippen MR) is 107 cm³/mol. The molecular weight excluding hydrogens is 312 g/mol. The first-order valence-corrected chi connectivity index (χ1v) is 9.53. The second kappa shape index (κ2) is 14.3. The van der Waals surface area contributed by atoms with Crippen LogP contribution in [0.4, 0.5) is 5.69 Å². The van der Waals surface area contributed by atoms with Crippen LogP contribution in [0.25, 0.3) is 0 Å². The summed E-state index contributed by atoms with van der Waals surface area (Å²) in [6.07, 6.45) is 7.07. The van der Waals surface area contributed by atoms with Crippen molar-refractivity contribution in [1.82, 2.24) is 4.90 Å². The molecule has 1 aromatic carbocycles. The fraction of sp³-hybridized carbons (Fsp3) is 0.524. The standard InChI is InChI=1S/C17H22N2O2.2C2H6/c1-2-16(20)18-15-10-8-14(9-11-15)17(21)19-12-6-4-3-5-7-13-19;2*1-2/h2,8-11H,1,3-7,12-13H2,(H,18,20);2*1-2H3. The Morgan fingerprint density at radius 2 is 1.40 bits per heavy atom. The van der Waals surface area contributed by atoms with Gasteiger partial charge in [-0.2, -0.15) is 0 Å². The van der Waals surface area contributed by atoms with E-state index in [0.29, 0.717) is 11.3 Å². The minimum atomic E-state index is -0.252. The van der Waals surface area contributed by atoms with Crippen LogP contribution in [0.3, 0.4) is 0 Å². The van der Waals surface area contributed by atoms with Crippen LogP contribution < -0.4 is 5.32 Å². The van der Waals surface area contributed by atoms with Gasteiger partial charge in [-0.25, -0.2) is 0 Å². The van der Waals surface area contributed by atoms with E-state index in [9.17, 15) is 9.59 Å². The van der Waals surface area contributed by atoms with Gasteiger partial charge in [-0.3, -0.25) is 9.59 Å². The third-order valence-electron chi connectivity index (χ3n) is 3.73. The maximum Gasteiger partial charge on any atom is 0.253 e. The van der Waals surface area contributed by atoms with E-state index in [-0.39, 0.29) is 11.8 Å². The molecule has 2 amide bonds. The van der Waals surface area contributed by atoms with Crippen molar-refractivity contribution in [3.63, 3.8) is 0 Å². The Labute approximate surface area is 153 Å². The Hall–Kier alpha value is -2.10. The third-order valence-corrected chi connectivity index (χ3v) is 3.73. The first kappa shape index (κ1) is 22.9. The van der Waals surface area contributed by atoms with Crippen molar-refractivity contribution >= 4 is 17.5 Å². The number of benzene rings is 1. The lowest BCUT2D eigenvalue weighted by Gasteiger charge is -2.25. The molecule has 0 radical (unpaired) electrons. The van der Waals surface area contributed by atoms with Crippen molar-refractivity contribution in [2.24, 2.45) is 0 Å². The van der Waals surface area contributed by atoms with E-state index < -0.39 is 0 Å². The summed E-state index contributed by atoms with van der Waals surface area (Å²) < 4.78 is 0. The molecule has 1 aliphatic rings. The number of hydrogen-bond donors (Lipinski definition) is 1. The van der Waals surface area contributed by atoms with Crippen LogP contribution >= 0.6 is 0 Å². The minimum Gasteiger partial charge on any atom is -0.339 e. The summed E-state index contributed by atoms with van der Waals surface area (Å²) in [7, 11) is 0. The molecule has 1 aliphatic heterocycles. The van der Waals surface area contributed by atoms with Crippen LogP contribution in [-0.4, -0.2) is 29.8 Å². The number of likely N-dealkylation sites (tertiary alicyclic amines) is 1. The van der Waals surface area contributed by atoms with Gasteiger partial charge in [0.05, 0.1) is 0 Å². The first-order valence-electron chi connectivity index (χ1n) is 9.53. The fourth-order valence-electron chi connectivity index (χ4n) is 2.52. The van der Waals surface area contributed by atoms with Gasteiger partial charge in [0, 0.05) is 24.3 Å². The molecule has 0 atom stereocenters. The van der Waals surface area contributed by atoms with Gasteiger partial charge in [0.15, 0.2) is 0 Å². The molecule has 4 heteroatoms. The average Bonchev–Trinajstić information content (AvgIpc) is 2.65. The van der Waals surface area contributed by atoms with Crippen LogP contribution in [0.1, 0.15) is 70.2 Å². The molecular formula is C21H34N2O2. The van der Waals surface area contributed by atoms with Crippen LogP contribution in [0.2, 0.25) is 0 Å². The van der Waals surface area contributed by atoms with E-state index >= 15 is 0 Å². The Balaban J connectivity index is 0.00000134. The van der Waals surface area contributed by atoms with Crippen molar-refractivity contribution in [2.75, 3.05) is 18.4 Å². The maximum absolute atomic E-state index is 12.5. The summed E-state index contributed by atoms with van der Waals surface area (Å²) in [5, 5.41) is 2.67. The predicted octanol–water partition coefficient (Wildman–Crippen LogP) is 5.27. The first-order chi connectivity index (χ1) is 12.2. The Morgan fingerprint density at radius 3 is 1.88 bits per heavy atom.